The Morgan fingerprint density at radius 3 is 2.10 bits per heavy atom. The fourth-order valence-corrected chi connectivity index (χ4v) is 1.25. The van der Waals surface area contributed by atoms with E-state index in [1.54, 1.807) is 0 Å². The topological polar surface area (TPSA) is 24.7 Å². The van der Waals surface area contributed by atoms with Crippen molar-refractivity contribution in [3.05, 3.63) is 0 Å². The molecule has 0 atom stereocenters. The molecular formula is C8H14N2. The van der Waals surface area contributed by atoms with E-state index in [0.29, 0.717) is 0 Å². The molecule has 0 radical (unpaired) electrons. The van der Waals surface area contributed by atoms with E-state index < -0.39 is 0 Å². The molecule has 1 heterocycles. The van der Waals surface area contributed by atoms with E-state index in [9.17, 15) is 0 Å². The standard InChI is InChI=1S/C8H14N2/c1-5-7-6(2)9-8(3,4)10-7/h5H2,1-4H3. The van der Waals surface area contributed by atoms with Crippen LogP contribution in [-0.2, 0) is 0 Å². The van der Waals surface area contributed by atoms with Gasteiger partial charge < -0.3 is 0 Å². The molecule has 1 aliphatic rings. The van der Waals surface area contributed by atoms with E-state index in [-0.39, 0.29) is 5.66 Å². The molecule has 2 nitrogen and oxygen atoms in total. The molecule has 2 heteroatoms. The summed E-state index contributed by atoms with van der Waals surface area (Å²) in [5, 5.41) is 0. The molecule has 1 aliphatic heterocycles. The maximum absolute atomic E-state index is 4.43. The number of nitrogens with zero attached hydrogens (tertiary/aromatic N) is 2. The first-order valence-electron chi connectivity index (χ1n) is 3.71. The Bertz CT molecular complexity index is 199. The van der Waals surface area contributed by atoms with Crippen LogP contribution in [0.2, 0.25) is 0 Å². The van der Waals surface area contributed by atoms with Crippen LogP contribution in [0.5, 0.6) is 0 Å². The predicted octanol–water partition coefficient (Wildman–Crippen LogP) is 2.05. The van der Waals surface area contributed by atoms with Crippen LogP contribution in [0.1, 0.15) is 34.1 Å². The zero-order chi connectivity index (χ0) is 7.78. The molecule has 0 unspecified atom stereocenters. The largest absolute Gasteiger partial charge is 0.259 e. The van der Waals surface area contributed by atoms with Gasteiger partial charge in [-0.3, -0.25) is 9.98 Å². The van der Waals surface area contributed by atoms with Crippen LogP contribution in [0.15, 0.2) is 9.98 Å². The summed E-state index contributed by atoms with van der Waals surface area (Å²) in [6, 6.07) is 0. The van der Waals surface area contributed by atoms with Crippen LogP contribution < -0.4 is 0 Å². The molecule has 1 rings (SSSR count). The molecule has 0 saturated heterocycles. The van der Waals surface area contributed by atoms with Gasteiger partial charge in [-0.2, -0.15) is 0 Å². The van der Waals surface area contributed by atoms with Crippen LogP contribution >= 0.6 is 0 Å². The second kappa shape index (κ2) is 2.19. The highest BCUT2D eigenvalue weighted by atomic mass is 15.1. The average molecular weight is 138 g/mol. The fraction of sp³-hybridized carbons (Fsp3) is 0.750. The normalized spacial score (nSPS) is 22.4. The minimum Gasteiger partial charge on any atom is -0.259 e. The van der Waals surface area contributed by atoms with Crippen molar-refractivity contribution in [1.82, 2.24) is 0 Å². The van der Waals surface area contributed by atoms with E-state index in [2.05, 4.69) is 16.9 Å². The van der Waals surface area contributed by atoms with Crippen LogP contribution in [0, 0.1) is 0 Å². The zero-order valence-corrected chi connectivity index (χ0v) is 7.10. The Balaban J connectivity index is 2.90. The molecule has 0 aliphatic carbocycles. The maximum Gasteiger partial charge on any atom is 0.145 e. The van der Waals surface area contributed by atoms with Gasteiger partial charge >= 0.3 is 0 Å². The molecule has 0 N–H and O–H groups in total. The van der Waals surface area contributed by atoms with Crippen molar-refractivity contribution in [2.75, 3.05) is 0 Å². The molecule has 0 aromatic rings. The first kappa shape index (κ1) is 7.45. The van der Waals surface area contributed by atoms with Crippen molar-refractivity contribution >= 4 is 11.4 Å². The van der Waals surface area contributed by atoms with Crippen LogP contribution in [-0.4, -0.2) is 17.1 Å². The second-order valence-corrected chi connectivity index (χ2v) is 3.10. The highest BCUT2D eigenvalue weighted by molar-refractivity contribution is 6.42. The smallest absolute Gasteiger partial charge is 0.145 e. The van der Waals surface area contributed by atoms with Gasteiger partial charge in [-0.1, -0.05) is 6.92 Å². The van der Waals surface area contributed by atoms with Gasteiger partial charge in [0.25, 0.3) is 0 Å². The molecular weight excluding hydrogens is 124 g/mol. The summed E-state index contributed by atoms with van der Waals surface area (Å²) in [5.41, 5.74) is 2.08. The average Bonchev–Trinajstić information content (AvgIpc) is 2.05. The fourth-order valence-electron chi connectivity index (χ4n) is 1.25. The van der Waals surface area contributed by atoms with E-state index in [4.69, 9.17) is 0 Å². The third kappa shape index (κ3) is 1.25. The minimum atomic E-state index is -0.185. The van der Waals surface area contributed by atoms with Gasteiger partial charge in [0.2, 0.25) is 0 Å². The lowest BCUT2D eigenvalue weighted by molar-refractivity contribution is 0.565. The van der Waals surface area contributed by atoms with Crippen LogP contribution in [0.4, 0.5) is 0 Å². The van der Waals surface area contributed by atoms with Gasteiger partial charge in [-0.15, -0.1) is 0 Å². The van der Waals surface area contributed by atoms with Crippen molar-refractivity contribution < 1.29 is 0 Å². The van der Waals surface area contributed by atoms with Crippen LogP contribution in [0.25, 0.3) is 0 Å². The zero-order valence-electron chi connectivity index (χ0n) is 7.10. The molecule has 0 aromatic heterocycles. The number of aliphatic imine (C=N–C) groups is 2. The molecule has 0 saturated carbocycles. The lowest BCUT2D eigenvalue weighted by Gasteiger charge is -2.07. The third-order valence-corrected chi connectivity index (χ3v) is 1.60. The van der Waals surface area contributed by atoms with Crippen molar-refractivity contribution in [3.8, 4) is 0 Å². The van der Waals surface area contributed by atoms with E-state index >= 15 is 0 Å². The molecule has 0 aromatic carbocycles. The summed E-state index contributed by atoms with van der Waals surface area (Å²) in [6.45, 7) is 8.19. The summed E-state index contributed by atoms with van der Waals surface area (Å²) in [6.07, 6.45) is 0.999. The predicted molar refractivity (Wildman–Crippen MR) is 44.9 cm³/mol. The van der Waals surface area contributed by atoms with Gasteiger partial charge in [-0.25, -0.2) is 0 Å². The Morgan fingerprint density at radius 1 is 1.30 bits per heavy atom. The molecule has 0 fully saturated rings. The highest BCUT2D eigenvalue weighted by Crippen LogP contribution is 2.18. The van der Waals surface area contributed by atoms with Crippen LogP contribution in [0.3, 0.4) is 0 Å². The van der Waals surface area contributed by atoms with Gasteiger partial charge in [0.05, 0.1) is 11.4 Å². The number of hydrogen-bond acceptors (Lipinski definition) is 2. The van der Waals surface area contributed by atoms with Crippen molar-refractivity contribution in [2.24, 2.45) is 9.98 Å². The monoisotopic (exact) mass is 138 g/mol. The third-order valence-electron chi connectivity index (χ3n) is 1.60. The SMILES string of the molecule is CCC1=NC(C)(C)N=C1C. The van der Waals surface area contributed by atoms with E-state index in [1.807, 2.05) is 20.8 Å². The summed E-state index contributed by atoms with van der Waals surface area (Å²) >= 11 is 0. The Hall–Kier alpha value is -0.660. The van der Waals surface area contributed by atoms with Crippen molar-refractivity contribution in [1.29, 1.82) is 0 Å². The summed E-state index contributed by atoms with van der Waals surface area (Å²) in [4.78, 5) is 8.82. The van der Waals surface area contributed by atoms with Gasteiger partial charge in [-0.05, 0) is 27.2 Å². The van der Waals surface area contributed by atoms with Gasteiger partial charge in [0.1, 0.15) is 5.66 Å². The Morgan fingerprint density at radius 2 is 1.90 bits per heavy atom. The molecule has 0 amide bonds. The van der Waals surface area contributed by atoms with E-state index in [1.165, 1.54) is 0 Å². The van der Waals surface area contributed by atoms with E-state index in [0.717, 1.165) is 17.8 Å². The summed E-state index contributed by atoms with van der Waals surface area (Å²) in [5.74, 6) is 0. The molecule has 10 heavy (non-hydrogen) atoms. The number of rotatable bonds is 1. The second-order valence-electron chi connectivity index (χ2n) is 3.10. The Kier molecular flexibility index (Phi) is 1.63. The quantitative estimate of drug-likeness (QED) is 0.530. The maximum atomic E-state index is 4.43. The Labute approximate surface area is 62.1 Å². The first-order valence-corrected chi connectivity index (χ1v) is 3.71. The lowest BCUT2D eigenvalue weighted by Crippen LogP contribution is -2.08. The molecule has 56 valence electrons. The van der Waals surface area contributed by atoms with Crippen molar-refractivity contribution in [3.63, 3.8) is 0 Å². The lowest BCUT2D eigenvalue weighted by atomic mass is 10.2. The summed E-state index contributed by atoms with van der Waals surface area (Å²) in [7, 11) is 0. The molecule has 0 spiro atoms. The highest BCUT2D eigenvalue weighted by Gasteiger charge is 2.22. The van der Waals surface area contributed by atoms with Gasteiger partial charge in [0, 0.05) is 0 Å². The first-order chi connectivity index (χ1) is 4.55. The van der Waals surface area contributed by atoms with Gasteiger partial charge in [0.15, 0.2) is 0 Å². The summed E-state index contributed by atoms with van der Waals surface area (Å²) < 4.78 is 0. The van der Waals surface area contributed by atoms with Crippen molar-refractivity contribution in [2.45, 2.75) is 39.8 Å². The number of hydrogen-bond donors (Lipinski definition) is 0. The minimum absolute atomic E-state index is 0.185. The molecule has 0 bridgehead atoms.